The number of hydrogen-bond acceptors (Lipinski definition) is 2. The molecule has 0 radical (unpaired) electrons. The molecular formula is C12H14FNO2S. The van der Waals surface area contributed by atoms with E-state index in [1.807, 2.05) is 0 Å². The van der Waals surface area contributed by atoms with E-state index in [1.54, 1.807) is 0 Å². The number of unbranched alkanes of at least 4 members (excludes halogenated alkanes) is 2. The van der Waals surface area contributed by atoms with Crippen molar-refractivity contribution in [3.05, 3.63) is 30.1 Å². The Morgan fingerprint density at radius 1 is 1.35 bits per heavy atom. The van der Waals surface area contributed by atoms with Crippen LogP contribution in [-0.2, 0) is 10.0 Å². The van der Waals surface area contributed by atoms with Gasteiger partial charge in [0.05, 0.1) is 4.90 Å². The van der Waals surface area contributed by atoms with E-state index in [0.29, 0.717) is 19.4 Å². The summed E-state index contributed by atoms with van der Waals surface area (Å²) in [5.41, 5.74) is 0. The van der Waals surface area contributed by atoms with E-state index in [0.717, 1.165) is 12.5 Å². The first-order valence-electron chi connectivity index (χ1n) is 5.25. The molecule has 0 aromatic heterocycles. The topological polar surface area (TPSA) is 46.2 Å². The highest BCUT2D eigenvalue weighted by Gasteiger charge is 2.13. The van der Waals surface area contributed by atoms with Gasteiger partial charge in [0.2, 0.25) is 10.0 Å². The predicted molar refractivity (Wildman–Crippen MR) is 64.3 cm³/mol. The van der Waals surface area contributed by atoms with E-state index in [1.165, 1.54) is 18.2 Å². The summed E-state index contributed by atoms with van der Waals surface area (Å²) in [5.74, 6) is 1.91. The standard InChI is InChI=1S/C12H14FNO2S/c1-2-3-4-5-9-14-17(15,16)12-8-6-7-11(13)10-12/h1,6-8,10,14H,3-5,9H2. The fourth-order valence-corrected chi connectivity index (χ4v) is 2.38. The molecule has 0 heterocycles. The van der Waals surface area contributed by atoms with Gasteiger partial charge in [-0.2, -0.15) is 0 Å². The van der Waals surface area contributed by atoms with Gasteiger partial charge in [-0.25, -0.2) is 17.5 Å². The van der Waals surface area contributed by atoms with Crippen molar-refractivity contribution in [3.8, 4) is 12.3 Å². The lowest BCUT2D eigenvalue weighted by Gasteiger charge is -2.06. The summed E-state index contributed by atoms with van der Waals surface area (Å²) in [4.78, 5) is -0.0607. The number of terminal acetylenes is 1. The van der Waals surface area contributed by atoms with Gasteiger partial charge < -0.3 is 0 Å². The lowest BCUT2D eigenvalue weighted by Crippen LogP contribution is -2.24. The fourth-order valence-electron chi connectivity index (χ4n) is 1.28. The second kappa shape index (κ2) is 6.38. The molecule has 0 aliphatic rings. The molecule has 17 heavy (non-hydrogen) atoms. The quantitative estimate of drug-likeness (QED) is 0.623. The van der Waals surface area contributed by atoms with Crippen molar-refractivity contribution in [1.29, 1.82) is 0 Å². The third-order valence-electron chi connectivity index (χ3n) is 2.15. The minimum absolute atomic E-state index is 0.0607. The number of benzene rings is 1. The van der Waals surface area contributed by atoms with Crippen LogP contribution in [-0.4, -0.2) is 15.0 Å². The summed E-state index contributed by atoms with van der Waals surface area (Å²) in [6.45, 7) is 0.306. The van der Waals surface area contributed by atoms with Crippen molar-refractivity contribution >= 4 is 10.0 Å². The molecule has 0 amide bonds. The van der Waals surface area contributed by atoms with E-state index >= 15 is 0 Å². The molecule has 0 bridgehead atoms. The Hall–Kier alpha value is -1.38. The first-order chi connectivity index (χ1) is 8.06. The highest BCUT2D eigenvalue weighted by molar-refractivity contribution is 7.89. The summed E-state index contributed by atoms with van der Waals surface area (Å²) < 4.78 is 38.7. The molecule has 92 valence electrons. The van der Waals surface area contributed by atoms with Crippen LogP contribution in [0.2, 0.25) is 0 Å². The van der Waals surface area contributed by atoms with Gasteiger partial charge in [0.25, 0.3) is 0 Å². The van der Waals surface area contributed by atoms with Gasteiger partial charge in [-0.3, -0.25) is 0 Å². The van der Waals surface area contributed by atoms with Crippen LogP contribution in [0, 0.1) is 18.2 Å². The summed E-state index contributed by atoms with van der Waals surface area (Å²) in [6, 6.07) is 4.91. The van der Waals surface area contributed by atoms with E-state index in [2.05, 4.69) is 10.6 Å². The predicted octanol–water partition coefficient (Wildman–Crippen LogP) is 1.91. The molecule has 0 atom stereocenters. The van der Waals surface area contributed by atoms with Crippen LogP contribution in [0.3, 0.4) is 0 Å². The monoisotopic (exact) mass is 255 g/mol. The Labute approximate surface area is 101 Å². The maximum absolute atomic E-state index is 12.9. The molecule has 0 fully saturated rings. The molecule has 0 saturated carbocycles. The van der Waals surface area contributed by atoms with Crippen LogP contribution < -0.4 is 4.72 Å². The maximum atomic E-state index is 12.9. The van der Waals surface area contributed by atoms with Crippen LogP contribution in [0.4, 0.5) is 4.39 Å². The summed E-state index contributed by atoms with van der Waals surface area (Å²) in [7, 11) is -3.61. The number of sulfonamides is 1. The molecule has 3 nitrogen and oxygen atoms in total. The number of halogens is 1. The molecule has 5 heteroatoms. The van der Waals surface area contributed by atoms with Gasteiger partial charge in [0.1, 0.15) is 5.82 Å². The number of nitrogens with one attached hydrogen (secondary N) is 1. The zero-order valence-electron chi connectivity index (χ0n) is 9.32. The van der Waals surface area contributed by atoms with Gasteiger partial charge in [0, 0.05) is 13.0 Å². The summed E-state index contributed by atoms with van der Waals surface area (Å²) in [6.07, 6.45) is 7.13. The van der Waals surface area contributed by atoms with Gasteiger partial charge in [0.15, 0.2) is 0 Å². The Balaban J connectivity index is 2.55. The largest absolute Gasteiger partial charge is 0.240 e. The van der Waals surface area contributed by atoms with Crippen molar-refractivity contribution in [2.75, 3.05) is 6.54 Å². The number of hydrogen-bond donors (Lipinski definition) is 1. The van der Waals surface area contributed by atoms with Gasteiger partial charge in [-0.1, -0.05) is 6.07 Å². The minimum Gasteiger partial charge on any atom is -0.211 e. The highest BCUT2D eigenvalue weighted by atomic mass is 32.2. The lowest BCUT2D eigenvalue weighted by atomic mass is 10.2. The molecule has 1 N–H and O–H groups in total. The van der Waals surface area contributed by atoms with Gasteiger partial charge >= 0.3 is 0 Å². The molecule has 1 rings (SSSR count). The van der Waals surface area contributed by atoms with Gasteiger partial charge in [-0.15, -0.1) is 12.3 Å². The molecule has 0 saturated heterocycles. The maximum Gasteiger partial charge on any atom is 0.240 e. The molecule has 1 aromatic rings. The molecule has 1 aromatic carbocycles. The van der Waals surface area contributed by atoms with Crippen LogP contribution in [0.5, 0.6) is 0 Å². The van der Waals surface area contributed by atoms with Crippen molar-refractivity contribution < 1.29 is 12.8 Å². The van der Waals surface area contributed by atoms with E-state index in [-0.39, 0.29) is 4.90 Å². The van der Waals surface area contributed by atoms with E-state index in [9.17, 15) is 12.8 Å². The van der Waals surface area contributed by atoms with Crippen LogP contribution in [0.25, 0.3) is 0 Å². The van der Waals surface area contributed by atoms with Crippen LogP contribution >= 0.6 is 0 Å². The van der Waals surface area contributed by atoms with Gasteiger partial charge in [-0.05, 0) is 31.0 Å². The Morgan fingerprint density at radius 3 is 2.76 bits per heavy atom. The average Bonchev–Trinajstić information content (AvgIpc) is 2.29. The third-order valence-corrected chi connectivity index (χ3v) is 3.61. The molecule has 0 aliphatic carbocycles. The molecule has 0 aliphatic heterocycles. The normalized spacial score (nSPS) is 11.1. The third kappa shape index (κ3) is 4.55. The van der Waals surface area contributed by atoms with E-state index < -0.39 is 15.8 Å². The van der Waals surface area contributed by atoms with Crippen LogP contribution in [0.1, 0.15) is 19.3 Å². The molecular weight excluding hydrogens is 241 g/mol. The van der Waals surface area contributed by atoms with Crippen molar-refractivity contribution in [2.45, 2.75) is 24.2 Å². The Morgan fingerprint density at radius 2 is 2.12 bits per heavy atom. The van der Waals surface area contributed by atoms with E-state index in [4.69, 9.17) is 6.42 Å². The second-order valence-corrected chi connectivity index (χ2v) is 5.28. The van der Waals surface area contributed by atoms with Crippen molar-refractivity contribution in [1.82, 2.24) is 4.72 Å². The Kier molecular flexibility index (Phi) is 5.13. The first-order valence-corrected chi connectivity index (χ1v) is 6.73. The Bertz CT molecular complexity index is 505. The zero-order valence-corrected chi connectivity index (χ0v) is 10.1. The van der Waals surface area contributed by atoms with Crippen molar-refractivity contribution in [3.63, 3.8) is 0 Å². The SMILES string of the molecule is C#CCCCCNS(=O)(=O)c1cccc(F)c1. The average molecular weight is 255 g/mol. The molecule has 0 spiro atoms. The second-order valence-electron chi connectivity index (χ2n) is 3.52. The fraction of sp³-hybridized carbons (Fsp3) is 0.333. The number of rotatable bonds is 6. The smallest absolute Gasteiger partial charge is 0.211 e. The summed E-state index contributed by atoms with van der Waals surface area (Å²) in [5, 5.41) is 0. The lowest BCUT2D eigenvalue weighted by molar-refractivity contribution is 0.574. The minimum atomic E-state index is -3.61. The highest BCUT2D eigenvalue weighted by Crippen LogP contribution is 2.10. The molecule has 0 unspecified atom stereocenters. The summed E-state index contributed by atoms with van der Waals surface area (Å²) >= 11 is 0. The van der Waals surface area contributed by atoms with Crippen LogP contribution in [0.15, 0.2) is 29.2 Å². The first kappa shape index (κ1) is 13.7. The van der Waals surface area contributed by atoms with Crippen molar-refractivity contribution in [2.24, 2.45) is 0 Å². The zero-order chi connectivity index (χ0) is 12.7.